The molecule has 8 heteroatoms. The standard InChI is InChI=1S/C22H28FN3O4/c1-22(2,3)30-21(28)25-15-7-10-26(13-15)20(14-5-8-24-9-6-14)16-11-19(29-4)17(23)12-18(16)27/h5-6,8-9,11-12,15,20,27H,7,10,13H2,1-4H3,(H,25,28)/t15-,20?/m1/s1. The number of phenols is 1. The van der Waals surface area contributed by atoms with Gasteiger partial charge in [-0.25, -0.2) is 9.18 Å². The molecule has 1 aromatic carbocycles. The van der Waals surface area contributed by atoms with Gasteiger partial charge >= 0.3 is 6.09 Å². The van der Waals surface area contributed by atoms with Gasteiger partial charge in [-0.05, 0) is 51.0 Å². The Morgan fingerprint density at radius 2 is 2.03 bits per heavy atom. The number of nitrogens with one attached hydrogen (secondary N) is 1. The van der Waals surface area contributed by atoms with Gasteiger partial charge < -0.3 is 19.9 Å². The predicted octanol–water partition coefficient (Wildman–Crippen LogP) is 3.62. The number of nitrogens with zero attached hydrogens (tertiary/aromatic N) is 2. The van der Waals surface area contributed by atoms with E-state index in [-0.39, 0.29) is 23.6 Å². The van der Waals surface area contributed by atoms with Crippen LogP contribution in [0.3, 0.4) is 0 Å². The molecule has 3 rings (SSSR count). The number of alkyl carbamates (subject to hydrolysis) is 1. The number of benzene rings is 1. The maximum atomic E-state index is 14.0. The van der Waals surface area contributed by atoms with Gasteiger partial charge in [0, 0.05) is 43.2 Å². The minimum Gasteiger partial charge on any atom is -0.507 e. The van der Waals surface area contributed by atoms with Gasteiger partial charge in [0.1, 0.15) is 11.4 Å². The number of hydrogen-bond acceptors (Lipinski definition) is 6. The Hall–Kier alpha value is -2.87. The zero-order chi connectivity index (χ0) is 21.9. The van der Waals surface area contributed by atoms with E-state index in [0.717, 1.165) is 18.1 Å². The highest BCUT2D eigenvalue weighted by atomic mass is 19.1. The summed E-state index contributed by atoms with van der Waals surface area (Å²) in [7, 11) is 1.39. The second-order valence-electron chi connectivity index (χ2n) is 8.36. The van der Waals surface area contributed by atoms with Crippen molar-refractivity contribution in [3.05, 3.63) is 53.6 Å². The van der Waals surface area contributed by atoms with Crippen LogP contribution in [0.15, 0.2) is 36.7 Å². The molecule has 7 nitrogen and oxygen atoms in total. The molecular formula is C22H28FN3O4. The van der Waals surface area contributed by atoms with Crippen molar-refractivity contribution in [1.29, 1.82) is 0 Å². The van der Waals surface area contributed by atoms with Crippen molar-refractivity contribution < 1.29 is 23.8 Å². The summed E-state index contributed by atoms with van der Waals surface area (Å²) < 4.78 is 24.5. The second-order valence-corrected chi connectivity index (χ2v) is 8.36. The molecule has 30 heavy (non-hydrogen) atoms. The number of carbonyl (C=O) groups excluding carboxylic acids is 1. The van der Waals surface area contributed by atoms with Crippen molar-refractivity contribution in [2.45, 2.75) is 44.9 Å². The Morgan fingerprint density at radius 1 is 1.33 bits per heavy atom. The third-order valence-electron chi connectivity index (χ3n) is 4.92. The lowest BCUT2D eigenvalue weighted by atomic mass is 9.97. The molecule has 162 valence electrons. The third kappa shape index (κ3) is 5.18. The summed E-state index contributed by atoms with van der Waals surface area (Å²) in [4.78, 5) is 18.3. The number of rotatable bonds is 5. The van der Waals surface area contributed by atoms with E-state index in [1.807, 2.05) is 32.9 Å². The molecule has 2 N–H and O–H groups in total. The number of likely N-dealkylation sites (tertiary alicyclic amines) is 1. The average molecular weight is 417 g/mol. The van der Waals surface area contributed by atoms with E-state index in [0.29, 0.717) is 18.7 Å². The van der Waals surface area contributed by atoms with Crippen LogP contribution in [-0.4, -0.2) is 52.9 Å². The quantitative estimate of drug-likeness (QED) is 0.773. The maximum absolute atomic E-state index is 14.0. The van der Waals surface area contributed by atoms with E-state index in [1.165, 1.54) is 13.2 Å². The molecule has 2 atom stereocenters. The van der Waals surface area contributed by atoms with Crippen molar-refractivity contribution in [3.63, 3.8) is 0 Å². The van der Waals surface area contributed by atoms with Crippen LogP contribution in [-0.2, 0) is 4.74 Å². The molecule has 0 bridgehead atoms. The van der Waals surface area contributed by atoms with Gasteiger partial charge in [0.25, 0.3) is 0 Å². The first kappa shape index (κ1) is 21.8. The van der Waals surface area contributed by atoms with Gasteiger partial charge in [0.15, 0.2) is 11.6 Å². The predicted molar refractivity (Wildman–Crippen MR) is 110 cm³/mol. The minimum atomic E-state index is -0.627. The van der Waals surface area contributed by atoms with E-state index in [1.54, 1.807) is 12.4 Å². The Bertz CT molecular complexity index is 886. The van der Waals surface area contributed by atoms with Crippen LogP contribution in [0.25, 0.3) is 0 Å². The Kier molecular flexibility index (Phi) is 6.45. The molecule has 1 fully saturated rings. The first-order valence-corrected chi connectivity index (χ1v) is 9.88. The molecule has 1 aromatic heterocycles. The van der Waals surface area contributed by atoms with Crippen LogP contribution < -0.4 is 10.1 Å². The van der Waals surface area contributed by atoms with Gasteiger partial charge in [0.2, 0.25) is 0 Å². The number of methoxy groups -OCH3 is 1. The van der Waals surface area contributed by atoms with Crippen LogP contribution in [0.5, 0.6) is 11.5 Å². The molecule has 2 heterocycles. The van der Waals surface area contributed by atoms with Crippen molar-refractivity contribution in [2.75, 3.05) is 20.2 Å². The van der Waals surface area contributed by atoms with E-state index in [2.05, 4.69) is 15.2 Å². The van der Waals surface area contributed by atoms with Crippen molar-refractivity contribution >= 4 is 6.09 Å². The Balaban J connectivity index is 1.86. The average Bonchev–Trinajstić information content (AvgIpc) is 3.10. The van der Waals surface area contributed by atoms with Gasteiger partial charge in [0.05, 0.1) is 13.2 Å². The molecule has 0 radical (unpaired) electrons. The SMILES string of the molecule is COc1cc(C(c2ccncc2)N2CC[C@@H](NC(=O)OC(C)(C)C)C2)c(O)cc1F. The first-order chi connectivity index (χ1) is 14.2. The van der Waals surface area contributed by atoms with Gasteiger partial charge in [-0.1, -0.05) is 0 Å². The third-order valence-corrected chi connectivity index (χ3v) is 4.92. The van der Waals surface area contributed by atoms with E-state index in [9.17, 15) is 14.3 Å². The maximum Gasteiger partial charge on any atom is 0.407 e. The number of hydrogen-bond donors (Lipinski definition) is 2. The summed E-state index contributed by atoms with van der Waals surface area (Å²) in [5.74, 6) is -0.721. The number of pyridine rings is 1. The van der Waals surface area contributed by atoms with E-state index < -0.39 is 17.5 Å². The highest BCUT2D eigenvalue weighted by Gasteiger charge is 2.33. The summed E-state index contributed by atoms with van der Waals surface area (Å²) in [6.07, 6.45) is 3.61. The Morgan fingerprint density at radius 3 is 2.67 bits per heavy atom. The summed E-state index contributed by atoms with van der Waals surface area (Å²) in [5, 5.41) is 13.4. The van der Waals surface area contributed by atoms with Gasteiger partial charge in [-0.2, -0.15) is 0 Å². The topological polar surface area (TPSA) is 83.9 Å². The summed E-state index contributed by atoms with van der Waals surface area (Å²) >= 11 is 0. The molecule has 1 unspecified atom stereocenters. The van der Waals surface area contributed by atoms with Crippen molar-refractivity contribution in [3.8, 4) is 11.5 Å². The lowest BCUT2D eigenvalue weighted by Gasteiger charge is -2.29. The zero-order valence-electron chi connectivity index (χ0n) is 17.7. The number of ether oxygens (including phenoxy) is 2. The molecule has 1 aliphatic heterocycles. The molecule has 1 amide bonds. The molecule has 0 saturated carbocycles. The van der Waals surface area contributed by atoms with E-state index >= 15 is 0 Å². The zero-order valence-corrected chi connectivity index (χ0v) is 17.7. The van der Waals surface area contributed by atoms with Crippen LogP contribution in [0, 0.1) is 5.82 Å². The lowest BCUT2D eigenvalue weighted by Crippen LogP contribution is -2.41. The highest BCUT2D eigenvalue weighted by Crippen LogP contribution is 2.39. The smallest absolute Gasteiger partial charge is 0.407 e. The summed E-state index contributed by atoms with van der Waals surface area (Å²) in [6, 6.07) is 5.84. The van der Waals surface area contributed by atoms with Gasteiger partial charge in [-0.15, -0.1) is 0 Å². The monoisotopic (exact) mass is 417 g/mol. The van der Waals surface area contributed by atoms with Crippen LogP contribution in [0.4, 0.5) is 9.18 Å². The van der Waals surface area contributed by atoms with Gasteiger partial charge in [-0.3, -0.25) is 9.88 Å². The Labute approximate surface area is 175 Å². The fourth-order valence-electron chi connectivity index (χ4n) is 3.68. The number of phenolic OH excluding ortho intramolecular Hbond substituents is 1. The van der Waals surface area contributed by atoms with Crippen LogP contribution >= 0.6 is 0 Å². The van der Waals surface area contributed by atoms with Crippen molar-refractivity contribution in [2.24, 2.45) is 0 Å². The van der Waals surface area contributed by atoms with Crippen molar-refractivity contribution in [1.82, 2.24) is 15.2 Å². The van der Waals surface area contributed by atoms with E-state index in [4.69, 9.17) is 9.47 Å². The molecule has 0 aliphatic carbocycles. The minimum absolute atomic E-state index is 0.0597. The summed E-state index contributed by atoms with van der Waals surface area (Å²) in [5.41, 5.74) is 0.850. The first-order valence-electron chi connectivity index (χ1n) is 9.88. The largest absolute Gasteiger partial charge is 0.507 e. The van der Waals surface area contributed by atoms with Crippen LogP contribution in [0.2, 0.25) is 0 Å². The molecular weight excluding hydrogens is 389 g/mol. The molecule has 1 saturated heterocycles. The lowest BCUT2D eigenvalue weighted by molar-refractivity contribution is 0.0505. The second kappa shape index (κ2) is 8.87. The number of aromatic nitrogens is 1. The number of aromatic hydroxyl groups is 1. The normalized spacial score (nSPS) is 18.1. The summed E-state index contributed by atoms with van der Waals surface area (Å²) in [6.45, 7) is 6.67. The highest BCUT2D eigenvalue weighted by molar-refractivity contribution is 5.68. The van der Waals surface area contributed by atoms with Crippen LogP contribution in [0.1, 0.15) is 44.4 Å². The molecule has 0 spiro atoms. The number of halogens is 1. The number of carbonyl (C=O) groups is 1. The fraction of sp³-hybridized carbons (Fsp3) is 0.455. The fourth-order valence-corrected chi connectivity index (χ4v) is 3.68. The molecule has 2 aromatic rings. The number of amides is 1. The molecule has 1 aliphatic rings.